The van der Waals surface area contributed by atoms with Crippen LogP contribution in [-0.4, -0.2) is 33.3 Å². The summed E-state index contributed by atoms with van der Waals surface area (Å²) in [6, 6.07) is 12.0. The van der Waals surface area contributed by atoms with E-state index >= 15 is 0 Å². The van der Waals surface area contributed by atoms with Crippen LogP contribution >= 0.6 is 0 Å². The van der Waals surface area contributed by atoms with Gasteiger partial charge in [0.1, 0.15) is 18.1 Å². The van der Waals surface area contributed by atoms with E-state index in [0.29, 0.717) is 22.6 Å². The van der Waals surface area contributed by atoms with Crippen molar-refractivity contribution in [2.24, 2.45) is 0 Å². The Balaban J connectivity index is 1.99. The lowest BCUT2D eigenvalue weighted by Gasteiger charge is -2.06. The summed E-state index contributed by atoms with van der Waals surface area (Å²) in [5.74, 6) is 0.300. The topological polar surface area (TPSA) is 71.1 Å². The number of carbonyl (C=O) groups excluding carboxylic acids is 2. The standard InChI is InChI=1S/C20H20O6/c1-23-17-10-14(11-18(12-17)24-2)7-8-19(21)26-13-15-5-4-6-16(9-15)20(22)25-3/h4-12H,13H2,1-3H3/b8-7+. The highest BCUT2D eigenvalue weighted by Crippen LogP contribution is 2.23. The van der Waals surface area contributed by atoms with Gasteiger partial charge >= 0.3 is 11.9 Å². The fourth-order valence-electron chi connectivity index (χ4n) is 2.20. The summed E-state index contributed by atoms with van der Waals surface area (Å²) in [6.45, 7) is 0.0510. The molecule has 0 fully saturated rings. The van der Waals surface area contributed by atoms with Gasteiger partial charge in [-0.2, -0.15) is 0 Å². The first-order valence-corrected chi connectivity index (χ1v) is 7.81. The van der Waals surface area contributed by atoms with Crippen LogP contribution in [0.25, 0.3) is 6.08 Å². The third kappa shape index (κ3) is 5.37. The summed E-state index contributed by atoms with van der Waals surface area (Å²) in [5, 5.41) is 0. The maximum atomic E-state index is 11.9. The predicted molar refractivity (Wildman–Crippen MR) is 96.2 cm³/mol. The number of methoxy groups -OCH3 is 3. The van der Waals surface area contributed by atoms with Gasteiger partial charge in [0.05, 0.1) is 26.9 Å². The van der Waals surface area contributed by atoms with Gasteiger partial charge in [0.25, 0.3) is 0 Å². The van der Waals surface area contributed by atoms with E-state index in [1.807, 2.05) is 0 Å². The van der Waals surface area contributed by atoms with Crippen molar-refractivity contribution in [2.45, 2.75) is 6.61 Å². The highest BCUT2D eigenvalue weighted by atomic mass is 16.5. The molecule has 0 amide bonds. The van der Waals surface area contributed by atoms with Crippen molar-refractivity contribution < 1.29 is 28.5 Å². The Morgan fingerprint density at radius 1 is 0.962 bits per heavy atom. The largest absolute Gasteiger partial charge is 0.497 e. The van der Waals surface area contributed by atoms with Gasteiger partial charge in [0.2, 0.25) is 0 Å². The molecule has 6 nitrogen and oxygen atoms in total. The molecule has 0 saturated carbocycles. The minimum absolute atomic E-state index is 0.0510. The summed E-state index contributed by atoms with van der Waals surface area (Å²) >= 11 is 0. The Hall–Kier alpha value is -3.28. The Bertz CT molecular complexity index is 787. The van der Waals surface area contributed by atoms with E-state index in [1.54, 1.807) is 62.8 Å². The van der Waals surface area contributed by atoms with Crippen molar-refractivity contribution in [3.05, 3.63) is 65.2 Å². The smallest absolute Gasteiger partial charge is 0.337 e. The summed E-state index contributed by atoms with van der Waals surface area (Å²) < 4.78 is 20.2. The van der Waals surface area contributed by atoms with Crippen molar-refractivity contribution in [2.75, 3.05) is 21.3 Å². The molecule has 0 atom stereocenters. The monoisotopic (exact) mass is 356 g/mol. The van der Waals surface area contributed by atoms with Crippen LogP contribution in [0.1, 0.15) is 21.5 Å². The van der Waals surface area contributed by atoms with Crippen molar-refractivity contribution >= 4 is 18.0 Å². The first-order valence-electron chi connectivity index (χ1n) is 7.81. The van der Waals surface area contributed by atoms with Crippen molar-refractivity contribution in [3.8, 4) is 11.5 Å². The van der Waals surface area contributed by atoms with Crippen LogP contribution in [-0.2, 0) is 20.9 Å². The minimum Gasteiger partial charge on any atom is -0.497 e. The second kappa shape index (κ2) is 9.27. The molecule has 0 heterocycles. The molecule has 0 bridgehead atoms. The van der Waals surface area contributed by atoms with Crippen LogP contribution in [0.5, 0.6) is 11.5 Å². The zero-order valence-corrected chi connectivity index (χ0v) is 14.9. The van der Waals surface area contributed by atoms with E-state index in [1.165, 1.54) is 13.2 Å². The van der Waals surface area contributed by atoms with Crippen molar-refractivity contribution in [3.63, 3.8) is 0 Å². The van der Waals surface area contributed by atoms with Gasteiger partial charge in [0, 0.05) is 12.1 Å². The number of benzene rings is 2. The summed E-state index contributed by atoms with van der Waals surface area (Å²) in [7, 11) is 4.42. The fraction of sp³-hybridized carbons (Fsp3) is 0.200. The zero-order valence-electron chi connectivity index (χ0n) is 14.9. The average molecular weight is 356 g/mol. The highest BCUT2D eigenvalue weighted by Gasteiger charge is 2.07. The molecule has 0 aliphatic carbocycles. The summed E-state index contributed by atoms with van der Waals surface area (Å²) in [6.07, 6.45) is 2.93. The molecule has 26 heavy (non-hydrogen) atoms. The van der Waals surface area contributed by atoms with Gasteiger partial charge in [0.15, 0.2) is 0 Å². The number of carbonyl (C=O) groups is 2. The number of esters is 2. The lowest BCUT2D eigenvalue weighted by atomic mass is 10.1. The molecule has 0 spiro atoms. The van der Waals surface area contributed by atoms with E-state index in [-0.39, 0.29) is 6.61 Å². The molecule has 136 valence electrons. The Morgan fingerprint density at radius 2 is 1.65 bits per heavy atom. The Labute approximate surface area is 151 Å². The van der Waals surface area contributed by atoms with E-state index in [2.05, 4.69) is 4.74 Å². The molecule has 2 aromatic carbocycles. The molecule has 2 aromatic rings. The van der Waals surface area contributed by atoms with Gasteiger partial charge in [-0.1, -0.05) is 12.1 Å². The predicted octanol–water partition coefficient (Wildman–Crippen LogP) is 3.25. The molecule has 0 aliphatic heterocycles. The number of rotatable bonds is 7. The van der Waals surface area contributed by atoms with Gasteiger partial charge in [-0.15, -0.1) is 0 Å². The van der Waals surface area contributed by atoms with Gasteiger partial charge in [-0.3, -0.25) is 0 Å². The minimum atomic E-state index is -0.504. The van der Waals surface area contributed by atoms with Crippen LogP contribution in [0, 0.1) is 0 Å². The van der Waals surface area contributed by atoms with Gasteiger partial charge in [-0.25, -0.2) is 9.59 Å². The molecular formula is C20H20O6. The molecule has 0 aliphatic rings. The number of hydrogen-bond acceptors (Lipinski definition) is 6. The molecule has 0 saturated heterocycles. The average Bonchev–Trinajstić information content (AvgIpc) is 2.69. The molecule has 0 radical (unpaired) electrons. The highest BCUT2D eigenvalue weighted by molar-refractivity contribution is 5.89. The van der Waals surface area contributed by atoms with E-state index in [9.17, 15) is 9.59 Å². The lowest BCUT2D eigenvalue weighted by Crippen LogP contribution is -2.04. The van der Waals surface area contributed by atoms with E-state index in [0.717, 1.165) is 5.56 Å². The first kappa shape index (κ1) is 19.1. The SMILES string of the molecule is COC(=O)c1cccc(COC(=O)/C=C/c2cc(OC)cc(OC)c2)c1. The Kier molecular flexibility index (Phi) is 6.79. The second-order valence-electron chi connectivity index (χ2n) is 5.28. The van der Waals surface area contributed by atoms with Crippen LogP contribution < -0.4 is 9.47 Å². The van der Waals surface area contributed by atoms with Crippen LogP contribution in [0.15, 0.2) is 48.5 Å². The fourth-order valence-corrected chi connectivity index (χ4v) is 2.20. The van der Waals surface area contributed by atoms with Crippen LogP contribution in [0.4, 0.5) is 0 Å². The van der Waals surface area contributed by atoms with Gasteiger partial charge < -0.3 is 18.9 Å². The van der Waals surface area contributed by atoms with Crippen molar-refractivity contribution in [1.82, 2.24) is 0 Å². The first-order chi connectivity index (χ1) is 12.5. The number of ether oxygens (including phenoxy) is 4. The molecule has 2 rings (SSSR count). The zero-order chi connectivity index (χ0) is 18.9. The van der Waals surface area contributed by atoms with E-state index in [4.69, 9.17) is 14.2 Å². The third-order valence-corrected chi connectivity index (χ3v) is 3.51. The van der Waals surface area contributed by atoms with Gasteiger partial charge in [-0.05, 0) is 41.5 Å². The van der Waals surface area contributed by atoms with Crippen LogP contribution in [0.2, 0.25) is 0 Å². The maximum Gasteiger partial charge on any atom is 0.337 e. The summed E-state index contributed by atoms with van der Waals surface area (Å²) in [5.41, 5.74) is 1.84. The molecule has 6 heteroatoms. The van der Waals surface area contributed by atoms with Crippen molar-refractivity contribution in [1.29, 1.82) is 0 Å². The van der Waals surface area contributed by atoms with Crippen LogP contribution in [0.3, 0.4) is 0 Å². The molecular weight excluding hydrogens is 336 g/mol. The Morgan fingerprint density at radius 3 is 2.27 bits per heavy atom. The molecule has 0 aromatic heterocycles. The molecule has 0 N–H and O–H groups in total. The second-order valence-corrected chi connectivity index (χ2v) is 5.28. The third-order valence-electron chi connectivity index (χ3n) is 3.51. The molecule has 0 unspecified atom stereocenters. The normalized spacial score (nSPS) is 10.4. The lowest BCUT2D eigenvalue weighted by molar-refractivity contribution is -0.138. The summed E-state index contributed by atoms with van der Waals surface area (Å²) in [4.78, 5) is 23.4. The maximum absolute atomic E-state index is 11.9. The quantitative estimate of drug-likeness (QED) is 0.560. The van der Waals surface area contributed by atoms with E-state index < -0.39 is 11.9 Å². The number of hydrogen-bond donors (Lipinski definition) is 0.